The smallest absolute Gasteiger partial charge is 0.125 e. The summed E-state index contributed by atoms with van der Waals surface area (Å²) in [7, 11) is 1.96. The summed E-state index contributed by atoms with van der Waals surface area (Å²) in [5, 5.41) is 4.30. The highest BCUT2D eigenvalue weighted by atomic mass is 16.5. The predicted octanol–water partition coefficient (Wildman–Crippen LogP) is 2.74. The number of likely N-dealkylation sites (tertiary alicyclic amines) is 1. The molecule has 2 saturated heterocycles. The first-order valence-electron chi connectivity index (χ1n) is 9.59. The van der Waals surface area contributed by atoms with Gasteiger partial charge in [-0.25, -0.2) is 0 Å². The van der Waals surface area contributed by atoms with E-state index in [-0.39, 0.29) is 6.10 Å². The van der Waals surface area contributed by atoms with Gasteiger partial charge in [-0.3, -0.25) is 9.67 Å². The Bertz CT molecular complexity index is 724. The van der Waals surface area contributed by atoms with Gasteiger partial charge in [0.1, 0.15) is 11.9 Å². The number of hydrogen-bond donors (Lipinski definition) is 0. The molecule has 0 radical (unpaired) electrons. The van der Waals surface area contributed by atoms with Gasteiger partial charge in [-0.15, -0.1) is 0 Å². The number of ether oxygens (including phenoxy) is 2. The van der Waals surface area contributed by atoms with Gasteiger partial charge in [0.15, 0.2) is 0 Å². The molecule has 0 amide bonds. The van der Waals surface area contributed by atoms with Crippen molar-refractivity contribution in [2.45, 2.75) is 38.4 Å². The van der Waals surface area contributed by atoms with Crippen molar-refractivity contribution < 1.29 is 9.47 Å². The SMILES string of the molecule is Cc1cnccc1OC1CCN(C[C@H]2CCO[C@@H]2c2cnn(C)c2)CC1. The summed E-state index contributed by atoms with van der Waals surface area (Å²) < 4.78 is 14.1. The summed E-state index contributed by atoms with van der Waals surface area (Å²) in [6, 6.07) is 1.97. The molecule has 2 atom stereocenters. The summed E-state index contributed by atoms with van der Waals surface area (Å²) in [5.41, 5.74) is 2.32. The van der Waals surface area contributed by atoms with E-state index in [1.807, 2.05) is 30.2 Å². The summed E-state index contributed by atoms with van der Waals surface area (Å²) in [4.78, 5) is 6.71. The van der Waals surface area contributed by atoms with Crippen LogP contribution in [0.5, 0.6) is 5.75 Å². The van der Waals surface area contributed by atoms with Gasteiger partial charge in [-0.2, -0.15) is 5.10 Å². The van der Waals surface area contributed by atoms with Crippen LogP contribution in [0, 0.1) is 12.8 Å². The van der Waals surface area contributed by atoms with Crippen LogP contribution in [0.1, 0.15) is 36.5 Å². The van der Waals surface area contributed by atoms with E-state index in [0.29, 0.717) is 12.0 Å². The minimum Gasteiger partial charge on any atom is -0.490 e. The van der Waals surface area contributed by atoms with Crippen LogP contribution >= 0.6 is 0 Å². The van der Waals surface area contributed by atoms with Crippen LogP contribution in [0.25, 0.3) is 0 Å². The van der Waals surface area contributed by atoms with Gasteiger partial charge in [-0.1, -0.05) is 0 Å². The molecule has 2 fully saturated rings. The number of hydrogen-bond acceptors (Lipinski definition) is 5. The molecule has 6 heteroatoms. The van der Waals surface area contributed by atoms with E-state index in [2.05, 4.69) is 28.1 Å². The van der Waals surface area contributed by atoms with E-state index in [0.717, 1.165) is 56.8 Å². The minimum absolute atomic E-state index is 0.192. The lowest BCUT2D eigenvalue weighted by Gasteiger charge is -2.34. The van der Waals surface area contributed by atoms with Crippen LogP contribution in [0.2, 0.25) is 0 Å². The van der Waals surface area contributed by atoms with E-state index in [9.17, 15) is 0 Å². The third-order valence-corrected chi connectivity index (χ3v) is 5.56. The first kappa shape index (κ1) is 17.5. The van der Waals surface area contributed by atoms with Gasteiger partial charge in [0.2, 0.25) is 0 Å². The van der Waals surface area contributed by atoms with Crippen LogP contribution in [0.3, 0.4) is 0 Å². The highest BCUT2D eigenvalue weighted by Crippen LogP contribution is 2.35. The van der Waals surface area contributed by atoms with Gasteiger partial charge in [0, 0.05) is 68.9 Å². The fraction of sp³-hybridized carbons (Fsp3) is 0.600. The summed E-state index contributed by atoms with van der Waals surface area (Å²) in [5.74, 6) is 1.53. The number of piperidine rings is 1. The summed E-state index contributed by atoms with van der Waals surface area (Å²) >= 11 is 0. The Morgan fingerprint density at radius 2 is 2.08 bits per heavy atom. The fourth-order valence-electron chi connectivity index (χ4n) is 4.09. The second-order valence-electron chi connectivity index (χ2n) is 7.55. The normalized spacial score (nSPS) is 24.8. The molecule has 0 saturated carbocycles. The topological polar surface area (TPSA) is 52.4 Å². The van der Waals surface area contributed by atoms with Crippen molar-refractivity contribution in [3.63, 3.8) is 0 Å². The lowest BCUT2D eigenvalue weighted by atomic mass is 9.95. The van der Waals surface area contributed by atoms with Crippen molar-refractivity contribution >= 4 is 0 Å². The molecular weight excluding hydrogens is 328 g/mol. The Hall–Kier alpha value is -1.92. The molecule has 4 heterocycles. The average Bonchev–Trinajstić information content (AvgIpc) is 3.27. The summed E-state index contributed by atoms with van der Waals surface area (Å²) in [6.45, 7) is 6.18. The highest BCUT2D eigenvalue weighted by Gasteiger charge is 2.33. The molecule has 0 aliphatic carbocycles. The molecule has 26 heavy (non-hydrogen) atoms. The van der Waals surface area contributed by atoms with Crippen LogP contribution in [-0.2, 0) is 11.8 Å². The number of nitrogens with zero attached hydrogens (tertiary/aromatic N) is 4. The summed E-state index contributed by atoms with van der Waals surface area (Å²) in [6.07, 6.45) is 11.5. The van der Waals surface area contributed by atoms with Crippen molar-refractivity contribution in [3.8, 4) is 5.75 Å². The zero-order chi connectivity index (χ0) is 17.9. The van der Waals surface area contributed by atoms with Gasteiger partial charge >= 0.3 is 0 Å². The standard InChI is InChI=1S/C20H28N4O2/c1-15-11-21-7-3-19(15)26-18-4-8-24(9-5-18)14-16-6-10-25-20(16)17-12-22-23(2)13-17/h3,7,11-13,16,18,20H,4-6,8-10,14H2,1-2H3/t16-,20+/m1/s1. The molecule has 140 valence electrons. The molecule has 0 unspecified atom stereocenters. The lowest BCUT2D eigenvalue weighted by Crippen LogP contribution is -2.41. The molecular formula is C20H28N4O2. The van der Waals surface area contributed by atoms with Crippen molar-refractivity contribution in [2.75, 3.05) is 26.2 Å². The molecule has 2 aromatic rings. The Morgan fingerprint density at radius 3 is 2.81 bits per heavy atom. The van der Waals surface area contributed by atoms with Crippen molar-refractivity contribution in [1.82, 2.24) is 19.7 Å². The van der Waals surface area contributed by atoms with Gasteiger partial charge in [0.25, 0.3) is 0 Å². The largest absolute Gasteiger partial charge is 0.490 e. The van der Waals surface area contributed by atoms with Crippen LogP contribution in [0.15, 0.2) is 30.9 Å². The fourth-order valence-corrected chi connectivity index (χ4v) is 4.09. The maximum Gasteiger partial charge on any atom is 0.125 e. The Balaban J connectivity index is 1.29. The van der Waals surface area contributed by atoms with Crippen LogP contribution in [0.4, 0.5) is 0 Å². The number of rotatable bonds is 5. The van der Waals surface area contributed by atoms with Crippen LogP contribution in [-0.4, -0.2) is 52.0 Å². The molecule has 2 aliphatic heterocycles. The van der Waals surface area contributed by atoms with Gasteiger partial charge in [0.05, 0.1) is 12.3 Å². The maximum absolute atomic E-state index is 6.20. The Kier molecular flexibility index (Phi) is 5.22. The number of pyridine rings is 1. The van der Waals surface area contributed by atoms with E-state index >= 15 is 0 Å². The zero-order valence-corrected chi connectivity index (χ0v) is 15.7. The minimum atomic E-state index is 0.192. The second-order valence-corrected chi connectivity index (χ2v) is 7.55. The third-order valence-electron chi connectivity index (χ3n) is 5.56. The van der Waals surface area contributed by atoms with E-state index < -0.39 is 0 Å². The first-order valence-corrected chi connectivity index (χ1v) is 9.59. The molecule has 0 spiro atoms. The van der Waals surface area contributed by atoms with Crippen LogP contribution < -0.4 is 4.74 Å². The van der Waals surface area contributed by atoms with Gasteiger partial charge in [-0.05, 0) is 32.3 Å². The number of aromatic nitrogens is 3. The lowest BCUT2D eigenvalue weighted by molar-refractivity contribution is 0.0585. The van der Waals surface area contributed by atoms with Crippen molar-refractivity contribution in [1.29, 1.82) is 0 Å². The second kappa shape index (κ2) is 7.76. The zero-order valence-electron chi connectivity index (χ0n) is 15.7. The third kappa shape index (κ3) is 3.91. The van der Waals surface area contributed by atoms with E-state index in [1.165, 1.54) is 5.56 Å². The van der Waals surface area contributed by atoms with Crippen molar-refractivity contribution in [3.05, 3.63) is 42.0 Å². The average molecular weight is 356 g/mol. The highest BCUT2D eigenvalue weighted by molar-refractivity contribution is 5.28. The Morgan fingerprint density at radius 1 is 1.23 bits per heavy atom. The van der Waals surface area contributed by atoms with Crippen molar-refractivity contribution in [2.24, 2.45) is 13.0 Å². The van der Waals surface area contributed by atoms with Gasteiger partial charge < -0.3 is 14.4 Å². The quantitative estimate of drug-likeness (QED) is 0.824. The molecule has 2 aromatic heterocycles. The molecule has 6 nitrogen and oxygen atoms in total. The molecule has 4 rings (SSSR count). The molecule has 0 bridgehead atoms. The number of aryl methyl sites for hydroxylation is 2. The first-order chi connectivity index (χ1) is 12.7. The molecule has 2 aliphatic rings. The maximum atomic E-state index is 6.20. The van der Waals surface area contributed by atoms with E-state index in [1.54, 1.807) is 6.20 Å². The molecule has 0 N–H and O–H groups in total. The monoisotopic (exact) mass is 356 g/mol. The van der Waals surface area contributed by atoms with E-state index in [4.69, 9.17) is 9.47 Å². The predicted molar refractivity (Wildman–Crippen MR) is 99.1 cm³/mol. The Labute approximate surface area is 155 Å². The molecule has 0 aromatic carbocycles.